The highest BCUT2D eigenvalue weighted by Crippen LogP contribution is 2.13. The molecule has 2 aromatic rings. The highest BCUT2D eigenvalue weighted by atomic mass is 35.5. The van der Waals surface area contributed by atoms with E-state index in [2.05, 4.69) is 23.7 Å². The van der Waals surface area contributed by atoms with Crippen molar-refractivity contribution in [3.8, 4) is 23.7 Å². The van der Waals surface area contributed by atoms with Crippen LogP contribution in [0.2, 0.25) is 10.0 Å². The van der Waals surface area contributed by atoms with Crippen LogP contribution in [-0.4, -0.2) is 19.9 Å². The van der Waals surface area contributed by atoms with Crippen LogP contribution in [0.5, 0.6) is 0 Å². The van der Waals surface area contributed by atoms with Gasteiger partial charge in [-0.1, -0.05) is 35.0 Å². The average molecular weight is 395 g/mol. The molecule has 24 heavy (non-hydrogen) atoms. The highest BCUT2D eigenvalue weighted by molar-refractivity contribution is 7.85. The first kappa shape index (κ1) is 18.8. The first-order valence-electron chi connectivity index (χ1n) is 6.80. The molecule has 2 rings (SSSR count). The van der Waals surface area contributed by atoms with Gasteiger partial charge in [-0.25, -0.2) is 0 Å². The van der Waals surface area contributed by atoms with Crippen LogP contribution in [-0.2, 0) is 21.6 Å². The zero-order valence-electron chi connectivity index (χ0n) is 12.4. The molecule has 2 atom stereocenters. The number of benzene rings is 2. The lowest BCUT2D eigenvalue weighted by molar-refractivity contribution is 0.684. The molecular weight excluding hydrogens is 383 g/mol. The second kappa shape index (κ2) is 9.67. The molecule has 0 aliphatic rings. The Morgan fingerprint density at radius 2 is 1.00 bits per heavy atom. The van der Waals surface area contributed by atoms with Crippen molar-refractivity contribution in [2.24, 2.45) is 0 Å². The van der Waals surface area contributed by atoms with Crippen LogP contribution in [0.15, 0.2) is 58.3 Å². The third kappa shape index (κ3) is 6.15. The zero-order valence-corrected chi connectivity index (χ0v) is 15.6. The van der Waals surface area contributed by atoms with E-state index in [1.54, 1.807) is 48.5 Å². The van der Waals surface area contributed by atoms with E-state index in [1.165, 1.54) is 0 Å². The molecule has 0 aliphatic heterocycles. The highest BCUT2D eigenvalue weighted by Gasteiger charge is 2.01. The maximum Gasteiger partial charge on any atom is 0.0904 e. The predicted molar refractivity (Wildman–Crippen MR) is 101 cm³/mol. The molecule has 0 bridgehead atoms. The van der Waals surface area contributed by atoms with Crippen molar-refractivity contribution in [2.75, 3.05) is 11.5 Å². The fraction of sp³-hybridized carbons (Fsp3) is 0.111. The Morgan fingerprint density at radius 3 is 1.33 bits per heavy atom. The van der Waals surface area contributed by atoms with Gasteiger partial charge in [0.05, 0.1) is 33.1 Å². The minimum Gasteiger partial charge on any atom is -0.253 e. The summed E-state index contributed by atoms with van der Waals surface area (Å²) in [6.07, 6.45) is 0. The van der Waals surface area contributed by atoms with Gasteiger partial charge in [-0.2, -0.15) is 0 Å². The van der Waals surface area contributed by atoms with E-state index in [9.17, 15) is 8.42 Å². The van der Waals surface area contributed by atoms with Gasteiger partial charge in [0.25, 0.3) is 0 Å². The number of halogens is 2. The van der Waals surface area contributed by atoms with E-state index in [0.717, 1.165) is 0 Å². The van der Waals surface area contributed by atoms with Crippen molar-refractivity contribution >= 4 is 44.8 Å². The van der Waals surface area contributed by atoms with Gasteiger partial charge >= 0.3 is 0 Å². The zero-order chi connectivity index (χ0) is 17.4. The molecule has 122 valence electrons. The summed E-state index contributed by atoms with van der Waals surface area (Å²) in [6, 6.07) is 13.6. The molecule has 0 spiro atoms. The van der Waals surface area contributed by atoms with Crippen LogP contribution in [0.1, 0.15) is 0 Å². The molecule has 0 N–H and O–H groups in total. The van der Waals surface area contributed by atoms with E-state index < -0.39 is 21.6 Å². The lowest BCUT2D eigenvalue weighted by Crippen LogP contribution is -1.95. The van der Waals surface area contributed by atoms with E-state index in [-0.39, 0.29) is 11.5 Å². The van der Waals surface area contributed by atoms with Crippen molar-refractivity contribution in [3.63, 3.8) is 0 Å². The topological polar surface area (TPSA) is 34.1 Å². The van der Waals surface area contributed by atoms with Crippen molar-refractivity contribution in [2.45, 2.75) is 9.79 Å². The third-order valence-corrected chi connectivity index (χ3v) is 5.71. The summed E-state index contributed by atoms with van der Waals surface area (Å²) in [4.78, 5) is 1.34. The molecule has 2 unspecified atom stereocenters. The minimum absolute atomic E-state index is 0.191. The Balaban J connectivity index is 1.84. The Kier molecular flexibility index (Phi) is 7.56. The SMILES string of the molecule is O=S(CC#CC#CCS(=O)c1ccc(Cl)cc1)c1ccc(Cl)cc1. The predicted octanol–water partition coefficient (Wildman–Crippen LogP) is 3.92. The number of hydrogen-bond acceptors (Lipinski definition) is 2. The van der Waals surface area contributed by atoms with Crippen LogP contribution in [0.3, 0.4) is 0 Å². The standard InChI is InChI=1S/C18H12Cl2O2S2/c19-15-5-9-17(10-6-15)23(21)13-3-1-2-4-14-24(22)18-11-7-16(20)8-12-18/h5-12H,13-14H2. The van der Waals surface area contributed by atoms with Crippen molar-refractivity contribution in [1.82, 2.24) is 0 Å². The smallest absolute Gasteiger partial charge is 0.0904 e. The Labute approximate surface area is 156 Å². The molecule has 0 amide bonds. The molecule has 0 aliphatic carbocycles. The Hall–Kier alpha value is -1.56. The van der Waals surface area contributed by atoms with Crippen LogP contribution >= 0.6 is 23.2 Å². The fourth-order valence-corrected chi connectivity index (χ4v) is 3.50. The molecule has 0 saturated carbocycles. The summed E-state index contributed by atoms with van der Waals surface area (Å²) in [5.74, 6) is 11.1. The van der Waals surface area contributed by atoms with Gasteiger partial charge in [0.15, 0.2) is 0 Å². The monoisotopic (exact) mass is 394 g/mol. The fourth-order valence-electron chi connectivity index (χ4n) is 1.63. The van der Waals surface area contributed by atoms with Gasteiger partial charge in [0.1, 0.15) is 0 Å². The average Bonchev–Trinajstić information content (AvgIpc) is 2.58. The molecule has 0 heterocycles. The van der Waals surface area contributed by atoms with E-state index in [1.807, 2.05) is 0 Å². The molecule has 0 saturated heterocycles. The molecule has 0 radical (unpaired) electrons. The molecular formula is C18H12Cl2O2S2. The Morgan fingerprint density at radius 1 is 0.667 bits per heavy atom. The van der Waals surface area contributed by atoms with Gasteiger partial charge in [-0.05, 0) is 60.4 Å². The number of rotatable bonds is 4. The molecule has 2 aromatic carbocycles. The second-order valence-electron chi connectivity index (χ2n) is 4.49. The van der Waals surface area contributed by atoms with E-state index in [4.69, 9.17) is 23.2 Å². The van der Waals surface area contributed by atoms with Crippen molar-refractivity contribution in [1.29, 1.82) is 0 Å². The van der Waals surface area contributed by atoms with Gasteiger partial charge in [-0.15, -0.1) is 0 Å². The Bertz CT molecular complexity index is 792. The maximum absolute atomic E-state index is 12.0. The van der Waals surface area contributed by atoms with Gasteiger partial charge in [0, 0.05) is 19.8 Å². The summed E-state index contributed by atoms with van der Waals surface area (Å²) < 4.78 is 23.9. The van der Waals surface area contributed by atoms with Gasteiger partial charge < -0.3 is 0 Å². The van der Waals surface area contributed by atoms with Crippen LogP contribution in [0.25, 0.3) is 0 Å². The molecule has 0 aromatic heterocycles. The summed E-state index contributed by atoms with van der Waals surface area (Å²) in [5, 5.41) is 1.20. The lowest BCUT2D eigenvalue weighted by atomic mass is 10.4. The largest absolute Gasteiger partial charge is 0.253 e. The first-order valence-corrected chi connectivity index (χ1v) is 10.2. The van der Waals surface area contributed by atoms with Crippen molar-refractivity contribution < 1.29 is 8.42 Å². The quantitative estimate of drug-likeness (QED) is 0.736. The summed E-state index contributed by atoms with van der Waals surface area (Å²) in [7, 11) is -2.42. The van der Waals surface area contributed by atoms with Crippen LogP contribution in [0, 0.1) is 23.7 Å². The normalized spacial score (nSPS) is 12.2. The van der Waals surface area contributed by atoms with Crippen LogP contribution < -0.4 is 0 Å². The first-order chi connectivity index (χ1) is 11.6. The maximum atomic E-state index is 12.0. The lowest BCUT2D eigenvalue weighted by Gasteiger charge is -1.97. The molecule has 2 nitrogen and oxygen atoms in total. The summed E-state index contributed by atoms with van der Waals surface area (Å²) in [5.41, 5.74) is 0. The summed E-state index contributed by atoms with van der Waals surface area (Å²) >= 11 is 11.6. The third-order valence-electron chi connectivity index (χ3n) is 2.80. The minimum atomic E-state index is -1.21. The molecule has 0 fully saturated rings. The van der Waals surface area contributed by atoms with Crippen LogP contribution in [0.4, 0.5) is 0 Å². The van der Waals surface area contributed by atoms with E-state index >= 15 is 0 Å². The molecule has 6 heteroatoms. The van der Waals surface area contributed by atoms with Crippen molar-refractivity contribution in [3.05, 3.63) is 58.6 Å². The van der Waals surface area contributed by atoms with Gasteiger partial charge in [-0.3, -0.25) is 8.42 Å². The van der Waals surface area contributed by atoms with Gasteiger partial charge in [0.2, 0.25) is 0 Å². The second-order valence-corrected chi connectivity index (χ2v) is 8.27. The summed E-state index contributed by atoms with van der Waals surface area (Å²) in [6.45, 7) is 0. The van der Waals surface area contributed by atoms with E-state index in [0.29, 0.717) is 19.8 Å². The number of hydrogen-bond donors (Lipinski definition) is 0.